The first-order valence-electron chi connectivity index (χ1n) is 8.69. The van der Waals surface area contributed by atoms with Crippen molar-refractivity contribution >= 4 is 12.1 Å². The van der Waals surface area contributed by atoms with Gasteiger partial charge in [-0.2, -0.15) is 0 Å². The first-order chi connectivity index (χ1) is 11.7. The predicted octanol–water partition coefficient (Wildman–Crippen LogP) is 3.06. The number of carbonyl (C=O) groups excluding carboxylic acids is 1. The molecule has 1 amide bonds. The molecule has 0 bridgehead atoms. The van der Waals surface area contributed by atoms with E-state index in [1.807, 2.05) is 56.9 Å². The van der Waals surface area contributed by atoms with Crippen molar-refractivity contribution in [1.29, 1.82) is 0 Å². The molecule has 1 heterocycles. The zero-order chi connectivity index (χ0) is 18.6. The van der Waals surface area contributed by atoms with Gasteiger partial charge in [0.15, 0.2) is 0 Å². The van der Waals surface area contributed by atoms with Crippen LogP contribution in [-0.4, -0.2) is 58.7 Å². The van der Waals surface area contributed by atoms with Crippen LogP contribution in [-0.2, 0) is 9.53 Å². The molecule has 1 aliphatic heterocycles. The minimum atomic E-state index is -0.865. The molecule has 0 radical (unpaired) electrons. The van der Waals surface area contributed by atoms with Crippen molar-refractivity contribution in [2.24, 2.45) is 0 Å². The number of aliphatic carboxylic acids is 1. The summed E-state index contributed by atoms with van der Waals surface area (Å²) in [5, 5.41) is 9.74. The van der Waals surface area contributed by atoms with E-state index >= 15 is 0 Å². The van der Waals surface area contributed by atoms with E-state index in [0.29, 0.717) is 26.2 Å². The number of amides is 1. The lowest BCUT2D eigenvalue weighted by molar-refractivity contribution is -0.143. The summed E-state index contributed by atoms with van der Waals surface area (Å²) in [6, 6.07) is 6.90. The fourth-order valence-corrected chi connectivity index (χ4v) is 3.05. The maximum absolute atomic E-state index is 12.3. The van der Waals surface area contributed by atoms with Gasteiger partial charge in [0, 0.05) is 26.2 Å². The number of nitrogens with zero attached hydrogens (tertiary/aromatic N) is 2. The highest BCUT2D eigenvalue weighted by molar-refractivity contribution is 5.75. The molecule has 1 aromatic carbocycles. The third-order valence-corrected chi connectivity index (χ3v) is 4.14. The Morgan fingerprint density at radius 3 is 2.48 bits per heavy atom. The molecule has 0 aliphatic carbocycles. The topological polar surface area (TPSA) is 70.1 Å². The van der Waals surface area contributed by atoms with Crippen molar-refractivity contribution in [2.45, 2.75) is 45.8 Å². The first-order valence-corrected chi connectivity index (χ1v) is 8.69. The Morgan fingerprint density at radius 1 is 1.16 bits per heavy atom. The summed E-state index contributed by atoms with van der Waals surface area (Å²) in [5.74, 6) is -0.865. The second kappa shape index (κ2) is 7.87. The Hall–Kier alpha value is -2.08. The van der Waals surface area contributed by atoms with E-state index in [1.165, 1.54) is 0 Å². The molecular formula is C19H28N2O4. The Morgan fingerprint density at radius 2 is 1.88 bits per heavy atom. The van der Waals surface area contributed by atoms with Crippen LogP contribution in [0.4, 0.5) is 4.79 Å². The van der Waals surface area contributed by atoms with Gasteiger partial charge in [0.25, 0.3) is 0 Å². The second-order valence-electron chi connectivity index (χ2n) is 7.51. The molecule has 0 aromatic heterocycles. The molecule has 1 aliphatic rings. The quantitative estimate of drug-likeness (QED) is 0.909. The van der Waals surface area contributed by atoms with Crippen LogP contribution in [0.5, 0.6) is 0 Å². The first kappa shape index (κ1) is 19.2. The van der Waals surface area contributed by atoms with Crippen LogP contribution in [0.25, 0.3) is 0 Å². The van der Waals surface area contributed by atoms with Crippen LogP contribution >= 0.6 is 0 Å². The molecule has 6 nitrogen and oxygen atoms in total. The highest BCUT2D eigenvalue weighted by atomic mass is 16.6. The van der Waals surface area contributed by atoms with Gasteiger partial charge in [0.1, 0.15) is 11.6 Å². The Labute approximate surface area is 149 Å². The highest BCUT2D eigenvalue weighted by Gasteiger charge is 2.31. The zero-order valence-electron chi connectivity index (χ0n) is 15.5. The normalized spacial score (nSPS) is 17.7. The minimum absolute atomic E-state index is 0.336. The summed E-state index contributed by atoms with van der Waals surface area (Å²) in [4.78, 5) is 27.7. The van der Waals surface area contributed by atoms with Crippen LogP contribution < -0.4 is 0 Å². The number of hydrogen-bond donors (Lipinski definition) is 1. The molecule has 0 spiro atoms. The van der Waals surface area contributed by atoms with Crippen LogP contribution in [0, 0.1) is 6.92 Å². The van der Waals surface area contributed by atoms with Gasteiger partial charge in [0.2, 0.25) is 0 Å². The monoisotopic (exact) mass is 348 g/mol. The van der Waals surface area contributed by atoms with Crippen LogP contribution in [0.1, 0.15) is 44.4 Å². The average Bonchev–Trinajstić information content (AvgIpc) is 2.71. The number of ether oxygens (including phenoxy) is 1. The molecule has 1 atom stereocenters. The van der Waals surface area contributed by atoms with Gasteiger partial charge < -0.3 is 14.7 Å². The Bertz CT molecular complexity index is 624. The minimum Gasteiger partial charge on any atom is -0.480 e. The molecule has 1 N–H and O–H groups in total. The summed E-state index contributed by atoms with van der Waals surface area (Å²) in [5.41, 5.74) is 1.28. The lowest BCUT2D eigenvalue weighted by Crippen LogP contribution is -2.40. The van der Waals surface area contributed by atoms with E-state index in [-0.39, 0.29) is 6.09 Å². The predicted molar refractivity (Wildman–Crippen MR) is 95.6 cm³/mol. The molecular weight excluding hydrogens is 320 g/mol. The number of rotatable bonds is 3. The fourth-order valence-electron chi connectivity index (χ4n) is 3.05. The van der Waals surface area contributed by atoms with Gasteiger partial charge in [-0.3, -0.25) is 9.69 Å². The molecule has 1 saturated heterocycles. The number of carbonyl (C=O) groups is 2. The van der Waals surface area contributed by atoms with Crippen LogP contribution in [0.15, 0.2) is 24.3 Å². The summed E-state index contributed by atoms with van der Waals surface area (Å²) >= 11 is 0. The number of benzene rings is 1. The third kappa shape index (κ3) is 5.46. The smallest absolute Gasteiger partial charge is 0.410 e. The molecule has 1 unspecified atom stereocenters. The van der Waals surface area contributed by atoms with Crippen molar-refractivity contribution in [3.63, 3.8) is 0 Å². The van der Waals surface area contributed by atoms with E-state index in [2.05, 4.69) is 0 Å². The molecule has 1 aromatic rings. The lowest BCUT2D eigenvalue weighted by Gasteiger charge is -2.29. The number of hydrogen-bond acceptors (Lipinski definition) is 4. The summed E-state index contributed by atoms with van der Waals surface area (Å²) in [7, 11) is 0. The largest absolute Gasteiger partial charge is 0.480 e. The molecule has 25 heavy (non-hydrogen) atoms. The lowest BCUT2D eigenvalue weighted by atomic mass is 10.0. The Kier molecular flexibility index (Phi) is 6.06. The molecule has 6 heteroatoms. The number of carboxylic acid groups (broad SMARTS) is 1. The van der Waals surface area contributed by atoms with Gasteiger partial charge in [-0.1, -0.05) is 29.8 Å². The Balaban J connectivity index is 2.10. The van der Waals surface area contributed by atoms with E-state index in [0.717, 1.165) is 17.5 Å². The zero-order valence-corrected chi connectivity index (χ0v) is 15.5. The molecule has 2 rings (SSSR count). The van der Waals surface area contributed by atoms with Gasteiger partial charge in [-0.15, -0.1) is 0 Å². The van der Waals surface area contributed by atoms with E-state index in [9.17, 15) is 14.7 Å². The fraction of sp³-hybridized carbons (Fsp3) is 0.579. The number of aryl methyl sites for hydroxylation is 1. The average molecular weight is 348 g/mol. The van der Waals surface area contributed by atoms with Crippen LogP contribution in [0.2, 0.25) is 0 Å². The third-order valence-electron chi connectivity index (χ3n) is 4.14. The number of carboxylic acids is 1. The van der Waals surface area contributed by atoms with Gasteiger partial charge >= 0.3 is 12.1 Å². The van der Waals surface area contributed by atoms with Crippen LogP contribution in [0.3, 0.4) is 0 Å². The van der Waals surface area contributed by atoms with Gasteiger partial charge in [0.05, 0.1) is 0 Å². The molecule has 1 fully saturated rings. The molecule has 138 valence electrons. The van der Waals surface area contributed by atoms with Crippen molar-refractivity contribution < 1.29 is 19.4 Å². The van der Waals surface area contributed by atoms with Crippen molar-refractivity contribution in [2.75, 3.05) is 26.2 Å². The maximum atomic E-state index is 12.3. The standard InChI is InChI=1S/C19H28N2O4/c1-14-7-5-8-15(13-14)16(17(22)23)20-9-6-10-21(12-11-20)18(24)25-19(2,3)4/h5,7-8,13,16H,6,9-12H2,1-4H3,(H,22,23). The van der Waals surface area contributed by atoms with Gasteiger partial charge in [-0.25, -0.2) is 4.79 Å². The van der Waals surface area contributed by atoms with Gasteiger partial charge in [-0.05, 0) is 39.7 Å². The van der Waals surface area contributed by atoms with Crippen molar-refractivity contribution in [1.82, 2.24) is 9.80 Å². The van der Waals surface area contributed by atoms with Crippen molar-refractivity contribution in [3.8, 4) is 0 Å². The second-order valence-corrected chi connectivity index (χ2v) is 7.51. The SMILES string of the molecule is Cc1cccc(C(C(=O)O)N2CCCN(C(=O)OC(C)(C)C)CC2)c1. The summed E-state index contributed by atoms with van der Waals surface area (Å²) in [6.45, 7) is 9.65. The van der Waals surface area contributed by atoms with E-state index < -0.39 is 17.6 Å². The van der Waals surface area contributed by atoms with Crippen molar-refractivity contribution in [3.05, 3.63) is 35.4 Å². The summed E-state index contributed by atoms with van der Waals surface area (Å²) in [6.07, 6.45) is 0.381. The summed E-state index contributed by atoms with van der Waals surface area (Å²) < 4.78 is 5.43. The molecule has 0 saturated carbocycles. The highest BCUT2D eigenvalue weighted by Crippen LogP contribution is 2.24. The van der Waals surface area contributed by atoms with E-state index in [4.69, 9.17) is 4.74 Å². The van der Waals surface area contributed by atoms with E-state index in [1.54, 1.807) is 4.90 Å². The maximum Gasteiger partial charge on any atom is 0.410 e.